The molecule has 0 bridgehead atoms. The molecule has 0 aliphatic heterocycles. The minimum atomic E-state index is -0.226. The Kier molecular flexibility index (Phi) is 5.88. The van der Waals surface area contributed by atoms with E-state index in [1.165, 1.54) is 6.08 Å². The fraction of sp³-hybridized carbons (Fsp3) is 0.211. The molecule has 0 atom stereocenters. The molecule has 1 N–H and O–H groups in total. The van der Waals surface area contributed by atoms with Crippen LogP contribution in [0.5, 0.6) is 11.5 Å². The van der Waals surface area contributed by atoms with E-state index >= 15 is 0 Å². The summed E-state index contributed by atoms with van der Waals surface area (Å²) in [5.74, 6) is 1.12. The van der Waals surface area contributed by atoms with Crippen molar-refractivity contribution in [1.29, 1.82) is 0 Å². The molecule has 0 saturated heterocycles. The number of allylic oxidation sites excluding steroid dienone is 1. The van der Waals surface area contributed by atoms with Crippen LogP contribution >= 0.6 is 11.6 Å². The average molecular weight is 346 g/mol. The fourth-order valence-corrected chi connectivity index (χ4v) is 2.48. The van der Waals surface area contributed by atoms with Gasteiger partial charge in [-0.3, -0.25) is 4.79 Å². The number of halogens is 1. The van der Waals surface area contributed by atoms with Crippen LogP contribution in [-0.2, 0) is 4.79 Å². The molecule has 1 amide bonds. The van der Waals surface area contributed by atoms with Crippen LogP contribution in [0, 0.1) is 6.92 Å². The Hall–Kier alpha value is -2.46. The number of ether oxygens (including phenoxy) is 2. The van der Waals surface area contributed by atoms with E-state index < -0.39 is 0 Å². The van der Waals surface area contributed by atoms with Crippen molar-refractivity contribution in [3.05, 3.63) is 58.6 Å². The lowest BCUT2D eigenvalue weighted by molar-refractivity contribution is -0.111. The number of amides is 1. The van der Waals surface area contributed by atoms with Gasteiger partial charge in [-0.1, -0.05) is 17.7 Å². The Labute approximate surface area is 147 Å². The standard InChI is InChI=1S/C19H20ClNO3/c1-12(15-9-8-14(23-3)11-18(15)24-4)10-19(22)21-17-7-5-6-16(20)13(17)2/h5-11H,1-4H3,(H,21,22)/b12-10+. The molecule has 24 heavy (non-hydrogen) atoms. The lowest BCUT2D eigenvalue weighted by atomic mass is 10.1. The first-order chi connectivity index (χ1) is 11.5. The number of methoxy groups -OCH3 is 2. The molecule has 0 radical (unpaired) electrons. The molecular weight excluding hydrogens is 326 g/mol. The van der Waals surface area contributed by atoms with Gasteiger partial charge in [-0.05, 0) is 49.2 Å². The topological polar surface area (TPSA) is 47.6 Å². The molecule has 0 unspecified atom stereocenters. The Morgan fingerprint density at radius 1 is 1.17 bits per heavy atom. The number of hydrogen-bond donors (Lipinski definition) is 1. The molecule has 0 heterocycles. The van der Waals surface area contributed by atoms with Crippen molar-refractivity contribution in [3.8, 4) is 11.5 Å². The van der Waals surface area contributed by atoms with E-state index in [1.807, 2.05) is 32.0 Å². The molecule has 0 saturated carbocycles. The van der Waals surface area contributed by atoms with Crippen molar-refractivity contribution in [2.75, 3.05) is 19.5 Å². The Morgan fingerprint density at radius 3 is 2.58 bits per heavy atom. The molecule has 5 heteroatoms. The highest BCUT2D eigenvalue weighted by Gasteiger charge is 2.10. The van der Waals surface area contributed by atoms with E-state index in [1.54, 1.807) is 32.4 Å². The molecular formula is C19H20ClNO3. The van der Waals surface area contributed by atoms with E-state index in [9.17, 15) is 4.79 Å². The minimum absolute atomic E-state index is 0.226. The summed E-state index contributed by atoms with van der Waals surface area (Å²) in [7, 11) is 3.18. The molecule has 0 aromatic heterocycles. The monoisotopic (exact) mass is 345 g/mol. The Morgan fingerprint density at radius 2 is 1.92 bits per heavy atom. The van der Waals surface area contributed by atoms with Crippen LogP contribution in [-0.4, -0.2) is 20.1 Å². The Balaban J connectivity index is 2.24. The summed E-state index contributed by atoms with van der Waals surface area (Å²) in [6.07, 6.45) is 1.53. The summed E-state index contributed by atoms with van der Waals surface area (Å²) < 4.78 is 10.6. The van der Waals surface area contributed by atoms with Gasteiger partial charge in [-0.25, -0.2) is 0 Å². The first-order valence-electron chi connectivity index (χ1n) is 7.43. The summed E-state index contributed by atoms with van der Waals surface area (Å²) in [5, 5.41) is 3.46. The maximum absolute atomic E-state index is 12.3. The smallest absolute Gasteiger partial charge is 0.248 e. The van der Waals surface area contributed by atoms with Gasteiger partial charge < -0.3 is 14.8 Å². The van der Waals surface area contributed by atoms with Gasteiger partial charge in [-0.2, -0.15) is 0 Å². The molecule has 2 aromatic rings. The van der Waals surface area contributed by atoms with Crippen molar-refractivity contribution in [2.45, 2.75) is 13.8 Å². The van der Waals surface area contributed by atoms with Crippen molar-refractivity contribution in [2.24, 2.45) is 0 Å². The van der Waals surface area contributed by atoms with Crippen LogP contribution in [0.25, 0.3) is 5.57 Å². The van der Waals surface area contributed by atoms with Crippen LogP contribution in [0.3, 0.4) is 0 Å². The number of anilines is 1. The molecule has 0 spiro atoms. The van der Waals surface area contributed by atoms with E-state index in [0.29, 0.717) is 22.2 Å². The fourth-order valence-electron chi connectivity index (χ4n) is 2.31. The molecule has 4 nitrogen and oxygen atoms in total. The summed E-state index contributed by atoms with van der Waals surface area (Å²) >= 11 is 6.07. The van der Waals surface area contributed by atoms with Crippen LogP contribution < -0.4 is 14.8 Å². The van der Waals surface area contributed by atoms with Crippen molar-refractivity contribution < 1.29 is 14.3 Å². The molecule has 2 rings (SSSR count). The van der Waals surface area contributed by atoms with Crippen molar-refractivity contribution >= 4 is 28.8 Å². The highest BCUT2D eigenvalue weighted by Crippen LogP contribution is 2.30. The second-order valence-electron chi connectivity index (χ2n) is 5.30. The molecule has 0 aliphatic rings. The zero-order valence-corrected chi connectivity index (χ0v) is 14.9. The number of rotatable bonds is 5. The van der Waals surface area contributed by atoms with Crippen LogP contribution in [0.1, 0.15) is 18.1 Å². The van der Waals surface area contributed by atoms with Gasteiger partial charge in [-0.15, -0.1) is 0 Å². The maximum Gasteiger partial charge on any atom is 0.248 e. The zero-order valence-electron chi connectivity index (χ0n) is 14.1. The van der Waals surface area contributed by atoms with Crippen LogP contribution in [0.2, 0.25) is 5.02 Å². The largest absolute Gasteiger partial charge is 0.497 e. The summed E-state index contributed by atoms with van der Waals surface area (Å²) in [4.78, 5) is 12.3. The number of carbonyl (C=O) groups excluding carboxylic acids is 1. The van der Waals surface area contributed by atoms with Gasteiger partial charge in [0, 0.05) is 28.4 Å². The molecule has 2 aromatic carbocycles. The van der Waals surface area contributed by atoms with Gasteiger partial charge in [0.25, 0.3) is 0 Å². The molecule has 0 aliphatic carbocycles. The number of carbonyl (C=O) groups is 1. The van der Waals surface area contributed by atoms with Crippen molar-refractivity contribution in [3.63, 3.8) is 0 Å². The van der Waals surface area contributed by atoms with Crippen LogP contribution in [0.15, 0.2) is 42.5 Å². The molecule has 0 fully saturated rings. The SMILES string of the molecule is COc1ccc(/C(C)=C/C(=O)Nc2cccc(Cl)c2C)c(OC)c1. The minimum Gasteiger partial charge on any atom is -0.497 e. The second-order valence-corrected chi connectivity index (χ2v) is 5.70. The third kappa shape index (κ3) is 4.09. The number of hydrogen-bond acceptors (Lipinski definition) is 3. The predicted octanol–water partition coefficient (Wildman–Crippen LogP) is 4.71. The van der Waals surface area contributed by atoms with E-state index in [2.05, 4.69) is 5.32 Å². The van der Waals surface area contributed by atoms with Crippen molar-refractivity contribution in [1.82, 2.24) is 0 Å². The first kappa shape index (κ1) is 17.9. The predicted molar refractivity (Wildman–Crippen MR) is 98.0 cm³/mol. The third-order valence-electron chi connectivity index (χ3n) is 3.71. The summed E-state index contributed by atoms with van der Waals surface area (Å²) in [6.45, 7) is 3.72. The quantitative estimate of drug-likeness (QED) is 0.798. The lowest BCUT2D eigenvalue weighted by Gasteiger charge is -2.11. The number of benzene rings is 2. The van der Waals surface area contributed by atoms with Gasteiger partial charge >= 0.3 is 0 Å². The van der Waals surface area contributed by atoms with Gasteiger partial charge in [0.1, 0.15) is 11.5 Å². The number of nitrogens with one attached hydrogen (secondary N) is 1. The highest BCUT2D eigenvalue weighted by molar-refractivity contribution is 6.31. The second kappa shape index (κ2) is 7.88. The summed E-state index contributed by atoms with van der Waals surface area (Å²) in [6, 6.07) is 10.9. The van der Waals surface area contributed by atoms with E-state index in [0.717, 1.165) is 16.7 Å². The van der Waals surface area contributed by atoms with E-state index in [-0.39, 0.29) is 5.91 Å². The van der Waals surface area contributed by atoms with Crippen LogP contribution in [0.4, 0.5) is 5.69 Å². The van der Waals surface area contributed by atoms with E-state index in [4.69, 9.17) is 21.1 Å². The highest BCUT2D eigenvalue weighted by atomic mass is 35.5. The Bertz CT molecular complexity index is 784. The normalized spacial score (nSPS) is 11.1. The zero-order chi connectivity index (χ0) is 17.7. The molecule has 126 valence electrons. The van der Waals surface area contributed by atoms with Gasteiger partial charge in [0.2, 0.25) is 5.91 Å². The van der Waals surface area contributed by atoms with Gasteiger partial charge in [0.05, 0.1) is 14.2 Å². The average Bonchev–Trinajstić information content (AvgIpc) is 2.58. The maximum atomic E-state index is 12.3. The third-order valence-corrected chi connectivity index (χ3v) is 4.12. The lowest BCUT2D eigenvalue weighted by Crippen LogP contribution is -2.10. The van der Waals surface area contributed by atoms with Gasteiger partial charge in [0.15, 0.2) is 0 Å². The summed E-state index contributed by atoms with van der Waals surface area (Å²) in [5.41, 5.74) is 3.14. The first-order valence-corrected chi connectivity index (χ1v) is 7.81.